The van der Waals surface area contributed by atoms with Gasteiger partial charge in [0.25, 0.3) is 0 Å². The topological polar surface area (TPSA) is 58.5 Å². The van der Waals surface area contributed by atoms with Gasteiger partial charge in [-0.2, -0.15) is 0 Å². The van der Waals surface area contributed by atoms with Crippen LogP contribution < -0.4 is 9.64 Å². The Morgan fingerprint density at radius 2 is 2.29 bits per heavy atom. The summed E-state index contributed by atoms with van der Waals surface area (Å²) in [6.45, 7) is 3.19. The maximum absolute atomic E-state index is 10.1. The van der Waals surface area contributed by atoms with Gasteiger partial charge in [0, 0.05) is 13.1 Å². The van der Waals surface area contributed by atoms with Crippen molar-refractivity contribution in [2.24, 2.45) is 0 Å². The third kappa shape index (κ3) is 2.61. The highest BCUT2D eigenvalue weighted by molar-refractivity contribution is 6.31. The number of hydrogen-bond acceptors (Lipinski definition) is 5. The first-order chi connectivity index (χ1) is 8.03. The van der Waals surface area contributed by atoms with Crippen LogP contribution in [0.25, 0.3) is 0 Å². The van der Waals surface area contributed by atoms with E-state index in [-0.39, 0.29) is 0 Å². The molecule has 1 aromatic rings. The fourth-order valence-electron chi connectivity index (χ4n) is 2.15. The molecule has 6 heteroatoms. The first kappa shape index (κ1) is 12.4. The van der Waals surface area contributed by atoms with Crippen molar-refractivity contribution in [2.45, 2.75) is 25.4 Å². The molecule has 94 valence electrons. The van der Waals surface area contributed by atoms with Gasteiger partial charge in [-0.25, -0.2) is 9.97 Å². The average molecular weight is 258 g/mol. The van der Waals surface area contributed by atoms with E-state index in [0.29, 0.717) is 23.3 Å². The van der Waals surface area contributed by atoms with Gasteiger partial charge in [-0.05, 0) is 19.8 Å². The van der Waals surface area contributed by atoms with Crippen LogP contribution in [0, 0.1) is 0 Å². The second-order valence-corrected chi connectivity index (χ2v) is 4.90. The first-order valence-corrected chi connectivity index (χ1v) is 5.93. The van der Waals surface area contributed by atoms with E-state index in [2.05, 4.69) is 9.97 Å². The van der Waals surface area contributed by atoms with Gasteiger partial charge < -0.3 is 14.7 Å². The normalized spacial score (nSPS) is 24.8. The van der Waals surface area contributed by atoms with Crippen LogP contribution in [0.3, 0.4) is 0 Å². The van der Waals surface area contributed by atoms with E-state index >= 15 is 0 Å². The van der Waals surface area contributed by atoms with E-state index in [0.717, 1.165) is 19.4 Å². The van der Waals surface area contributed by atoms with Crippen LogP contribution in [0.15, 0.2) is 6.33 Å². The predicted octanol–water partition coefficient (Wildman–Crippen LogP) is 1.49. The van der Waals surface area contributed by atoms with Gasteiger partial charge in [-0.3, -0.25) is 0 Å². The molecule has 1 unspecified atom stereocenters. The Labute approximate surface area is 105 Å². The van der Waals surface area contributed by atoms with Gasteiger partial charge in [0.15, 0.2) is 16.7 Å². The number of aromatic nitrogens is 2. The lowest BCUT2D eigenvalue weighted by Gasteiger charge is -2.37. The zero-order chi connectivity index (χ0) is 12.5. The molecule has 2 rings (SSSR count). The maximum Gasteiger partial charge on any atom is 0.199 e. The smallest absolute Gasteiger partial charge is 0.199 e. The van der Waals surface area contributed by atoms with Crippen molar-refractivity contribution in [2.75, 3.05) is 25.1 Å². The predicted molar refractivity (Wildman–Crippen MR) is 65.7 cm³/mol. The van der Waals surface area contributed by atoms with Crippen molar-refractivity contribution < 1.29 is 9.84 Å². The Hall–Kier alpha value is -1.07. The summed E-state index contributed by atoms with van der Waals surface area (Å²) in [6.07, 6.45) is 3.12. The minimum atomic E-state index is -0.694. The quantitative estimate of drug-likeness (QED) is 0.814. The Morgan fingerprint density at radius 1 is 1.53 bits per heavy atom. The number of β-amino-alcohol motifs (C(OH)–C–C–N with tert-alkyl or cyclic N) is 1. The molecule has 1 atom stereocenters. The van der Waals surface area contributed by atoms with Crippen molar-refractivity contribution in [3.63, 3.8) is 0 Å². The Balaban J connectivity index is 2.30. The molecule has 5 nitrogen and oxygen atoms in total. The van der Waals surface area contributed by atoms with Crippen LogP contribution in [-0.4, -0.2) is 40.9 Å². The van der Waals surface area contributed by atoms with Gasteiger partial charge in [-0.15, -0.1) is 0 Å². The molecular weight excluding hydrogens is 242 g/mol. The summed E-state index contributed by atoms with van der Waals surface area (Å²) < 4.78 is 5.22. The summed E-state index contributed by atoms with van der Waals surface area (Å²) in [7, 11) is 1.54. The molecule has 1 aromatic heterocycles. The molecule has 0 aromatic carbocycles. The van der Waals surface area contributed by atoms with Crippen LogP contribution in [0.5, 0.6) is 5.75 Å². The van der Waals surface area contributed by atoms with E-state index in [1.807, 2.05) is 11.8 Å². The van der Waals surface area contributed by atoms with Crippen molar-refractivity contribution in [3.8, 4) is 5.75 Å². The van der Waals surface area contributed by atoms with Crippen LogP contribution in [0.1, 0.15) is 19.8 Å². The highest BCUT2D eigenvalue weighted by atomic mass is 35.5. The largest absolute Gasteiger partial charge is 0.490 e. The van der Waals surface area contributed by atoms with Gasteiger partial charge in [0.2, 0.25) is 0 Å². The highest BCUT2D eigenvalue weighted by Gasteiger charge is 2.30. The van der Waals surface area contributed by atoms with Crippen LogP contribution >= 0.6 is 11.6 Å². The molecule has 1 N–H and O–H groups in total. The number of rotatable bonds is 2. The molecule has 0 aliphatic carbocycles. The standard InChI is InChI=1S/C11H16ClN3O2/c1-11(16)4-3-5-15(6-11)10-8(17-2)9(12)13-7-14-10/h7,16H,3-6H2,1-2H3. The number of halogens is 1. The molecule has 1 aliphatic heterocycles. The van der Waals surface area contributed by atoms with Gasteiger partial charge in [0.1, 0.15) is 6.33 Å². The molecule has 0 saturated carbocycles. The third-order valence-electron chi connectivity index (χ3n) is 2.92. The highest BCUT2D eigenvalue weighted by Crippen LogP contribution is 2.34. The second kappa shape index (κ2) is 4.66. The number of hydrogen-bond donors (Lipinski definition) is 1. The van der Waals surface area contributed by atoms with E-state index in [4.69, 9.17) is 16.3 Å². The molecule has 0 bridgehead atoms. The van der Waals surface area contributed by atoms with Crippen LogP contribution in [0.2, 0.25) is 5.15 Å². The molecule has 0 radical (unpaired) electrons. The fraction of sp³-hybridized carbons (Fsp3) is 0.636. The summed E-state index contributed by atoms with van der Waals surface area (Å²) in [5, 5.41) is 10.4. The fourth-order valence-corrected chi connectivity index (χ4v) is 2.35. The Morgan fingerprint density at radius 3 is 2.94 bits per heavy atom. The van der Waals surface area contributed by atoms with Crippen LogP contribution in [0.4, 0.5) is 5.82 Å². The van der Waals surface area contributed by atoms with Crippen molar-refractivity contribution >= 4 is 17.4 Å². The minimum Gasteiger partial charge on any atom is -0.490 e. The van der Waals surface area contributed by atoms with Gasteiger partial charge in [-0.1, -0.05) is 11.6 Å². The summed E-state index contributed by atoms with van der Waals surface area (Å²) in [4.78, 5) is 10.1. The Bertz CT molecular complexity index is 412. The molecule has 17 heavy (non-hydrogen) atoms. The maximum atomic E-state index is 10.1. The van der Waals surface area contributed by atoms with E-state index in [1.54, 1.807) is 0 Å². The molecule has 0 amide bonds. The monoisotopic (exact) mass is 257 g/mol. The molecule has 0 spiro atoms. The molecule has 1 aliphatic rings. The third-order valence-corrected chi connectivity index (χ3v) is 3.19. The van der Waals surface area contributed by atoms with E-state index in [9.17, 15) is 5.11 Å². The number of aliphatic hydroxyl groups is 1. The van der Waals surface area contributed by atoms with Crippen LogP contribution in [-0.2, 0) is 0 Å². The molecule has 2 heterocycles. The lowest BCUT2D eigenvalue weighted by molar-refractivity contribution is 0.0446. The van der Waals surface area contributed by atoms with E-state index in [1.165, 1.54) is 13.4 Å². The van der Waals surface area contributed by atoms with E-state index < -0.39 is 5.60 Å². The lowest BCUT2D eigenvalue weighted by atomic mass is 9.95. The molecule has 1 fully saturated rings. The lowest BCUT2D eigenvalue weighted by Crippen LogP contribution is -2.46. The zero-order valence-electron chi connectivity index (χ0n) is 9.98. The number of methoxy groups -OCH3 is 1. The Kier molecular flexibility index (Phi) is 3.40. The summed E-state index contributed by atoms with van der Waals surface area (Å²) in [5.41, 5.74) is -0.694. The van der Waals surface area contributed by atoms with Gasteiger partial charge >= 0.3 is 0 Å². The summed E-state index contributed by atoms with van der Waals surface area (Å²) >= 11 is 5.95. The SMILES string of the molecule is COc1c(Cl)ncnc1N1CCCC(C)(O)C1. The molecular formula is C11H16ClN3O2. The average Bonchev–Trinajstić information content (AvgIpc) is 2.27. The number of anilines is 1. The second-order valence-electron chi connectivity index (χ2n) is 4.54. The number of nitrogens with zero attached hydrogens (tertiary/aromatic N) is 3. The summed E-state index contributed by atoms with van der Waals surface area (Å²) in [5.74, 6) is 1.11. The first-order valence-electron chi connectivity index (χ1n) is 5.55. The van der Waals surface area contributed by atoms with Crippen molar-refractivity contribution in [3.05, 3.63) is 11.5 Å². The molecule has 1 saturated heterocycles. The number of piperidine rings is 1. The number of ether oxygens (including phenoxy) is 1. The minimum absolute atomic E-state index is 0.294. The zero-order valence-corrected chi connectivity index (χ0v) is 10.7. The van der Waals surface area contributed by atoms with Crippen molar-refractivity contribution in [1.29, 1.82) is 0 Å². The van der Waals surface area contributed by atoms with Gasteiger partial charge in [0.05, 0.1) is 12.7 Å². The summed E-state index contributed by atoms with van der Waals surface area (Å²) in [6, 6.07) is 0. The van der Waals surface area contributed by atoms with Crippen molar-refractivity contribution in [1.82, 2.24) is 9.97 Å².